The molecule has 0 aliphatic rings. The lowest BCUT2D eigenvalue weighted by Gasteiger charge is -2.11. The fourth-order valence-corrected chi connectivity index (χ4v) is 3.98. The van der Waals surface area contributed by atoms with Crippen molar-refractivity contribution in [3.05, 3.63) is 106 Å². The van der Waals surface area contributed by atoms with E-state index in [0.29, 0.717) is 22.4 Å². The molecule has 10 nitrogen and oxygen atoms in total. The second kappa shape index (κ2) is 11.4. The van der Waals surface area contributed by atoms with E-state index in [1.807, 2.05) is 0 Å². The topological polar surface area (TPSA) is 132 Å². The molecule has 0 unspecified atom stereocenters. The van der Waals surface area contributed by atoms with Crippen LogP contribution in [0.25, 0.3) is 5.69 Å². The molecular formula is C24H18F2N6O4S. The van der Waals surface area contributed by atoms with Crippen molar-refractivity contribution < 1.29 is 23.3 Å². The van der Waals surface area contributed by atoms with Crippen molar-refractivity contribution in [2.45, 2.75) is 11.7 Å². The number of nitrogens with zero attached hydrogens (tertiary/aromatic N) is 4. The Balaban J connectivity index is 1.48. The molecule has 0 saturated heterocycles. The van der Waals surface area contributed by atoms with E-state index in [-0.39, 0.29) is 29.5 Å². The van der Waals surface area contributed by atoms with Gasteiger partial charge in [-0.3, -0.25) is 24.3 Å². The first kappa shape index (κ1) is 25.4. The van der Waals surface area contributed by atoms with E-state index in [4.69, 9.17) is 0 Å². The number of anilines is 1. The first-order valence-electron chi connectivity index (χ1n) is 10.7. The van der Waals surface area contributed by atoms with Gasteiger partial charge in [-0.2, -0.15) is 0 Å². The van der Waals surface area contributed by atoms with Gasteiger partial charge in [0, 0.05) is 29.1 Å². The van der Waals surface area contributed by atoms with E-state index < -0.39 is 22.5 Å². The van der Waals surface area contributed by atoms with Crippen molar-refractivity contribution in [3.8, 4) is 5.69 Å². The van der Waals surface area contributed by atoms with Crippen molar-refractivity contribution in [2.75, 3.05) is 11.1 Å². The van der Waals surface area contributed by atoms with Crippen molar-refractivity contribution in [1.29, 1.82) is 0 Å². The van der Waals surface area contributed by atoms with E-state index in [0.717, 1.165) is 11.8 Å². The molecule has 3 aromatic carbocycles. The van der Waals surface area contributed by atoms with Crippen molar-refractivity contribution >= 4 is 35.0 Å². The first-order chi connectivity index (χ1) is 17.8. The van der Waals surface area contributed by atoms with E-state index in [9.17, 15) is 28.5 Å². The van der Waals surface area contributed by atoms with Crippen LogP contribution in [0.2, 0.25) is 0 Å². The number of carbonyl (C=O) groups excluding carboxylic acids is 2. The molecule has 0 spiro atoms. The number of amides is 2. The highest BCUT2D eigenvalue weighted by Crippen LogP contribution is 2.23. The van der Waals surface area contributed by atoms with Gasteiger partial charge in [-0.1, -0.05) is 11.8 Å². The smallest absolute Gasteiger partial charge is 0.269 e. The summed E-state index contributed by atoms with van der Waals surface area (Å²) in [5, 5.41) is 24.7. The van der Waals surface area contributed by atoms with E-state index in [1.54, 1.807) is 4.57 Å². The standard InChI is InChI=1S/C24H18F2N6O4S/c25-16-3-7-18(8-4-16)28-22(33)14-37-24-30-29-21(31(24)19-11-5-17(26)6-12-19)13-27-23(34)15-1-9-20(10-2-15)32(35)36/h1-12H,13-14H2,(H,27,34)(H,28,33). The zero-order valence-corrected chi connectivity index (χ0v) is 19.7. The Morgan fingerprint density at radius 1 is 0.919 bits per heavy atom. The molecule has 0 aliphatic carbocycles. The minimum atomic E-state index is -0.564. The predicted molar refractivity (Wildman–Crippen MR) is 131 cm³/mol. The summed E-state index contributed by atoms with van der Waals surface area (Å²) in [7, 11) is 0. The first-order valence-corrected chi connectivity index (χ1v) is 11.7. The Hall–Kier alpha value is -4.65. The highest BCUT2D eigenvalue weighted by atomic mass is 32.2. The van der Waals surface area contributed by atoms with Gasteiger partial charge in [-0.25, -0.2) is 8.78 Å². The number of non-ortho nitro benzene ring substituents is 1. The minimum absolute atomic E-state index is 0.0497. The lowest BCUT2D eigenvalue weighted by Crippen LogP contribution is -2.24. The van der Waals surface area contributed by atoms with Crippen LogP contribution >= 0.6 is 11.8 Å². The molecular weight excluding hydrogens is 506 g/mol. The number of rotatable bonds is 9. The molecule has 4 rings (SSSR count). The molecule has 0 aliphatic heterocycles. The molecule has 0 fully saturated rings. The Kier molecular flexibility index (Phi) is 7.83. The van der Waals surface area contributed by atoms with E-state index in [2.05, 4.69) is 20.8 Å². The summed E-state index contributed by atoms with van der Waals surface area (Å²) in [6.07, 6.45) is 0. The summed E-state index contributed by atoms with van der Waals surface area (Å²) in [4.78, 5) is 35.2. The zero-order chi connectivity index (χ0) is 26.4. The van der Waals surface area contributed by atoms with Crippen LogP contribution in [0.3, 0.4) is 0 Å². The maximum Gasteiger partial charge on any atom is 0.269 e. The summed E-state index contributed by atoms with van der Waals surface area (Å²) in [6, 6.07) is 16.0. The lowest BCUT2D eigenvalue weighted by atomic mass is 10.2. The Bertz CT molecular complexity index is 1430. The number of aromatic nitrogens is 3. The van der Waals surface area contributed by atoms with Crippen LogP contribution in [0.15, 0.2) is 78.0 Å². The van der Waals surface area contributed by atoms with E-state index in [1.165, 1.54) is 72.8 Å². The largest absolute Gasteiger partial charge is 0.345 e. The number of halogens is 2. The molecule has 0 atom stereocenters. The van der Waals surface area contributed by atoms with Crippen LogP contribution in [-0.2, 0) is 11.3 Å². The van der Waals surface area contributed by atoms with Gasteiger partial charge in [0.2, 0.25) is 5.91 Å². The number of carbonyl (C=O) groups is 2. The monoisotopic (exact) mass is 524 g/mol. The number of hydrogen-bond donors (Lipinski definition) is 2. The third kappa shape index (κ3) is 6.52. The third-order valence-corrected chi connectivity index (χ3v) is 5.92. The molecule has 2 amide bonds. The van der Waals surface area contributed by atoms with E-state index >= 15 is 0 Å². The molecule has 1 heterocycles. The summed E-state index contributed by atoms with van der Waals surface area (Å²) in [6.45, 7) is -0.0669. The number of nitro benzene ring substituents is 1. The molecule has 188 valence electrons. The summed E-state index contributed by atoms with van der Waals surface area (Å²) >= 11 is 1.07. The molecule has 0 bridgehead atoms. The molecule has 2 N–H and O–H groups in total. The minimum Gasteiger partial charge on any atom is -0.345 e. The van der Waals surface area contributed by atoms with Crippen LogP contribution < -0.4 is 10.6 Å². The van der Waals surface area contributed by atoms with Gasteiger partial charge in [0.15, 0.2) is 11.0 Å². The molecule has 0 radical (unpaired) electrons. The van der Waals surface area contributed by atoms with Gasteiger partial charge in [0.25, 0.3) is 11.6 Å². The van der Waals surface area contributed by atoms with Gasteiger partial charge in [-0.15, -0.1) is 10.2 Å². The summed E-state index contributed by atoms with van der Waals surface area (Å²) in [5.41, 5.74) is 1.01. The van der Waals surface area contributed by atoms with Gasteiger partial charge in [0.1, 0.15) is 11.6 Å². The maximum absolute atomic E-state index is 13.5. The molecule has 37 heavy (non-hydrogen) atoms. The highest BCUT2D eigenvalue weighted by Gasteiger charge is 2.18. The normalized spacial score (nSPS) is 10.6. The summed E-state index contributed by atoms with van der Waals surface area (Å²) in [5.74, 6) is -1.46. The van der Waals surface area contributed by atoms with Gasteiger partial charge in [0.05, 0.1) is 17.2 Å². The zero-order valence-electron chi connectivity index (χ0n) is 18.9. The second-order valence-corrected chi connectivity index (χ2v) is 8.48. The molecule has 0 saturated carbocycles. The van der Waals surface area contributed by atoms with Gasteiger partial charge < -0.3 is 10.6 Å². The van der Waals surface area contributed by atoms with Crippen molar-refractivity contribution in [2.24, 2.45) is 0 Å². The SMILES string of the molecule is O=C(CSc1nnc(CNC(=O)c2ccc([N+](=O)[O-])cc2)n1-c1ccc(F)cc1)Nc1ccc(F)cc1. The van der Waals surface area contributed by atoms with Gasteiger partial charge in [-0.05, 0) is 60.7 Å². The molecule has 1 aromatic heterocycles. The average Bonchev–Trinajstić information content (AvgIpc) is 3.30. The maximum atomic E-state index is 13.5. The quantitative estimate of drug-likeness (QED) is 0.191. The van der Waals surface area contributed by atoms with Crippen LogP contribution in [0.5, 0.6) is 0 Å². The number of benzene rings is 3. The second-order valence-electron chi connectivity index (χ2n) is 7.54. The predicted octanol–water partition coefficient (Wildman–Crippen LogP) is 4.11. The highest BCUT2D eigenvalue weighted by molar-refractivity contribution is 7.99. The fraction of sp³-hybridized carbons (Fsp3) is 0.0833. The van der Waals surface area contributed by atoms with Gasteiger partial charge >= 0.3 is 0 Å². The third-order valence-electron chi connectivity index (χ3n) is 4.99. The Labute approximate surface area is 212 Å². The number of hydrogen-bond acceptors (Lipinski definition) is 7. The summed E-state index contributed by atoms with van der Waals surface area (Å²) < 4.78 is 28.2. The average molecular weight is 525 g/mol. The number of nitrogens with one attached hydrogen (secondary N) is 2. The number of nitro groups is 1. The van der Waals surface area contributed by atoms with Crippen molar-refractivity contribution in [1.82, 2.24) is 20.1 Å². The Morgan fingerprint density at radius 2 is 1.54 bits per heavy atom. The lowest BCUT2D eigenvalue weighted by molar-refractivity contribution is -0.384. The molecule has 13 heteroatoms. The van der Waals surface area contributed by atoms with Crippen LogP contribution in [-0.4, -0.2) is 37.3 Å². The van der Waals surface area contributed by atoms with Crippen molar-refractivity contribution in [3.63, 3.8) is 0 Å². The van der Waals surface area contributed by atoms with Crippen LogP contribution in [0, 0.1) is 21.7 Å². The fourth-order valence-electron chi connectivity index (χ4n) is 3.21. The van der Waals surface area contributed by atoms with Crippen LogP contribution in [0.1, 0.15) is 16.2 Å². The van der Waals surface area contributed by atoms with Crippen LogP contribution in [0.4, 0.5) is 20.2 Å². The number of thioether (sulfide) groups is 1. The molecule has 4 aromatic rings. The Morgan fingerprint density at radius 3 is 2.16 bits per heavy atom.